The van der Waals surface area contributed by atoms with E-state index in [0.29, 0.717) is 5.56 Å². The summed E-state index contributed by atoms with van der Waals surface area (Å²) in [6.45, 7) is 3.00. The van der Waals surface area contributed by atoms with Crippen LogP contribution in [0, 0.1) is 5.92 Å². The number of benzene rings is 1. The summed E-state index contributed by atoms with van der Waals surface area (Å²) in [5, 5.41) is 8.85. The van der Waals surface area contributed by atoms with Crippen LogP contribution in [0.1, 0.15) is 30.6 Å². The summed E-state index contributed by atoms with van der Waals surface area (Å²) < 4.78 is 25.7. The Morgan fingerprint density at radius 3 is 2.48 bits per heavy atom. The molecule has 116 valence electrons. The lowest BCUT2D eigenvalue weighted by Gasteiger charge is -2.19. The molecule has 0 heterocycles. The van der Waals surface area contributed by atoms with Crippen LogP contribution >= 0.6 is 0 Å². The smallest absolute Gasteiger partial charge is 0.307 e. The van der Waals surface area contributed by atoms with Crippen LogP contribution in [0.4, 0.5) is 0 Å². The molecule has 0 aliphatic rings. The molecule has 7 heteroatoms. The fourth-order valence-corrected chi connectivity index (χ4v) is 3.08. The van der Waals surface area contributed by atoms with E-state index >= 15 is 0 Å². The fraction of sp³-hybridized carbons (Fsp3) is 0.429. The Bertz CT molecular complexity index is 639. The number of Topliss-reactive ketones (excluding diaryl/α,β-unsaturated/α-hetero) is 1. The monoisotopic (exact) mass is 313 g/mol. The van der Waals surface area contributed by atoms with E-state index in [9.17, 15) is 18.0 Å². The fourth-order valence-electron chi connectivity index (χ4n) is 1.78. The molecule has 6 nitrogen and oxygen atoms in total. The molecule has 0 aromatic heterocycles. The first-order chi connectivity index (χ1) is 9.70. The minimum absolute atomic E-state index is 0.0121. The molecule has 1 atom stereocenters. The zero-order chi connectivity index (χ0) is 16.2. The number of aliphatic carboxylic acids is 1. The van der Waals surface area contributed by atoms with Crippen molar-refractivity contribution >= 4 is 21.8 Å². The van der Waals surface area contributed by atoms with Gasteiger partial charge in [0.15, 0.2) is 5.78 Å². The summed E-state index contributed by atoms with van der Waals surface area (Å²) in [7, 11) is -2.49. The van der Waals surface area contributed by atoms with Crippen molar-refractivity contribution in [2.45, 2.75) is 25.2 Å². The highest BCUT2D eigenvalue weighted by Gasteiger charge is 2.25. The number of carbonyl (C=O) groups is 2. The van der Waals surface area contributed by atoms with Gasteiger partial charge in [-0.1, -0.05) is 26.0 Å². The number of carboxylic acids is 1. The molecule has 1 unspecified atom stereocenters. The number of carboxylic acid groups (broad SMARTS) is 1. The Balaban J connectivity index is 3.07. The van der Waals surface area contributed by atoms with Crippen molar-refractivity contribution in [1.29, 1.82) is 0 Å². The van der Waals surface area contributed by atoms with Gasteiger partial charge < -0.3 is 5.11 Å². The average Bonchev–Trinajstić information content (AvgIpc) is 2.46. The van der Waals surface area contributed by atoms with Gasteiger partial charge in [-0.15, -0.1) is 0 Å². The average molecular weight is 313 g/mol. The summed E-state index contributed by atoms with van der Waals surface area (Å²) in [4.78, 5) is 22.4. The standard InChI is InChI=1S/C14H19NO5S/c1-4-13(16)11-6-5-7-12(8-11)21(19,20)15(3)9-10(2)14(17)18/h5-8,10H,4,9H2,1-3H3,(H,17,18). The Morgan fingerprint density at radius 1 is 1.33 bits per heavy atom. The van der Waals surface area contributed by atoms with Crippen molar-refractivity contribution in [3.63, 3.8) is 0 Å². The van der Waals surface area contributed by atoms with E-state index < -0.39 is 21.9 Å². The third-order valence-corrected chi connectivity index (χ3v) is 4.96. The van der Waals surface area contributed by atoms with Gasteiger partial charge in [0, 0.05) is 25.6 Å². The molecule has 0 spiro atoms. The third kappa shape index (κ3) is 4.12. The molecule has 1 rings (SSSR count). The maximum absolute atomic E-state index is 12.4. The second-order valence-electron chi connectivity index (χ2n) is 4.83. The minimum Gasteiger partial charge on any atom is -0.481 e. The van der Waals surface area contributed by atoms with E-state index in [1.165, 1.54) is 32.2 Å². The first-order valence-electron chi connectivity index (χ1n) is 6.52. The Labute approximate surface area is 124 Å². The van der Waals surface area contributed by atoms with Gasteiger partial charge in [-0.05, 0) is 12.1 Å². The molecular weight excluding hydrogens is 294 g/mol. The third-order valence-electron chi connectivity index (χ3n) is 3.14. The van der Waals surface area contributed by atoms with Crippen LogP contribution in [0.2, 0.25) is 0 Å². The molecular formula is C14H19NO5S. The minimum atomic E-state index is -3.81. The Hall–Kier alpha value is -1.73. The van der Waals surface area contributed by atoms with Crippen molar-refractivity contribution in [3.8, 4) is 0 Å². The molecule has 1 aromatic carbocycles. The summed E-state index contributed by atoms with van der Waals surface area (Å²) in [6, 6.07) is 5.78. The number of sulfonamides is 1. The van der Waals surface area contributed by atoms with E-state index in [-0.39, 0.29) is 23.6 Å². The summed E-state index contributed by atoms with van der Waals surface area (Å²) >= 11 is 0. The molecule has 0 aliphatic heterocycles. The molecule has 1 N–H and O–H groups in total. The Kier molecular flexibility index (Phi) is 5.62. The van der Waals surface area contributed by atoms with Gasteiger partial charge in [-0.25, -0.2) is 12.7 Å². The highest BCUT2D eigenvalue weighted by atomic mass is 32.2. The quantitative estimate of drug-likeness (QED) is 0.772. The van der Waals surface area contributed by atoms with E-state index in [4.69, 9.17) is 5.11 Å². The van der Waals surface area contributed by atoms with Gasteiger partial charge in [0.25, 0.3) is 0 Å². The maximum atomic E-state index is 12.4. The van der Waals surface area contributed by atoms with E-state index in [1.54, 1.807) is 13.0 Å². The zero-order valence-electron chi connectivity index (χ0n) is 12.2. The van der Waals surface area contributed by atoms with Gasteiger partial charge >= 0.3 is 5.97 Å². The largest absolute Gasteiger partial charge is 0.481 e. The first-order valence-corrected chi connectivity index (χ1v) is 7.96. The molecule has 21 heavy (non-hydrogen) atoms. The predicted octanol–water partition coefficient (Wildman–Crippen LogP) is 1.62. The van der Waals surface area contributed by atoms with Crippen LogP contribution < -0.4 is 0 Å². The molecule has 0 bridgehead atoms. The summed E-state index contributed by atoms with van der Waals surface area (Å²) in [5.41, 5.74) is 0.332. The van der Waals surface area contributed by atoms with Crippen molar-refractivity contribution in [2.75, 3.05) is 13.6 Å². The number of nitrogens with zero attached hydrogens (tertiary/aromatic N) is 1. The van der Waals surface area contributed by atoms with Crippen LogP contribution in [0.15, 0.2) is 29.2 Å². The number of rotatable bonds is 7. The lowest BCUT2D eigenvalue weighted by atomic mass is 10.1. The van der Waals surface area contributed by atoms with Crippen molar-refractivity contribution < 1.29 is 23.1 Å². The molecule has 0 amide bonds. The number of ketones is 1. The topological polar surface area (TPSA) is 91.8 Å². The van der Waals surface area contributed by atoms with Crippen LogP contribution in [-0.4, -0.2) is 43.2 Å². The molecule has 0 saturated carbocycles. The lowest BCUT2D eigenvalue weighted by molar-refractivity contribution is -0.141. The lowest BCUT2D eigenvalue weighted by Crippen LogP contribution is -2.33. The van der Waals surface area contributed by atoms with Crippen molar-refractivity contribution in [2.24, 2.45) is 5.92 Å². The van der Waals surface area contributed by atoms with E-state index in [1.807, 2.05) is 0 Å². The summed E-state index contributed by atoms with van der Waals surface area (Å²) in [6.07, 6.45) is 0.287. The van der Waals surface area contributed by atoms with Gasteiger partial charge in [0.1, 0.15) is 0 Å². The number of carbonyl (C=O) groups excluding carboxylic acids is 1. The maximum Gasteiger partial charge on any atom is 0.307 e. The molecule has 0 fully saturated rings. The molecule has 1 aromatic rings. The highest BCUT2D eigenvalue weighted by molar-refractivity contribution is 7.89. The number of hydrogen-bond donors (Lipinski definition) is 1. The van der Waals surface area contributed by atoms with Gasteiger partial charge in [0.2, 0.25) is 10.0 Å². The summed E-state index contributed by atoms with van der Waals surface area (Å²) in [5.74, 6) is -2.02. The van der Waals surface area contributed by atoms with Crippen LogP contribution in [0.3, 0.4) is 0 Å². The number of hydrogen-bond acceptors (Lipinski definition) is 4. The molecule has 0 saturated heterocycles. The molecule has 0 radical (unpaired) electrons. The zero-order valence-corrected chi connectivity index (χ0v) is 13.1. The normalized spacial score (nSPS) is 13.1. The highest BCUT2D eigenvalue weighted by Crippen LogP contribution is 2.18. The SMILES string of the molecule is CCC(=O)c1cccc(S(=O)(=O)N(C)CC(C)C(=O)O)c1. The van der Waals surface area contributed by atoms with E-state index in [0.717, 1.165) is 4.31 Å². The second kappa shape index (κ2) is 6.82. The van der Waals surface area contributed by atoms with Gasteiger partial charge in [-0.2, -0.15) is 0 Å². The molecule has 0 aliphatic carbocycles. The second-order valence-corrected chi connectivity index (χ2v) is 6.87. The van der Waals surface area contributed by atoms with Gasteiger partial charge in [0.05, 0.1) is 10.8 Å². The van der Waals surface area contributed by atoms with Crippen molar-refractivity contribution in [3.05, 3.63) is 29.8 Å². The van der Waals surface area contributed by atoms with Crippen molar-refractivity contribution in [1.82, 2.24) is 4.31 Å². The van der Waals surface area contributed by atoms with Crippen LogP contribution in [-0.2, 0) is 14.8 Å². The van der Waals surface area contributed by atoms with Crippen LogP contribution in [0.25, 0.3) is 0 Å². The predicted molar refractivity (Wildman–Crippen MR) is 77.7 cm³/mol. The first kappa shape index (κ1) is 17.3. The van der Waals surface area contributed by atoms with Gasteiger partial charge in [-0.3, -0.25) is 9.59 Å². The Morgan fingerprint density at radius 2 is 1.95 bits per heavy atom. The van der Waals surface area contributed by atoms with E-state index in [2.05, 4.69) is 0 Å². The van der Waals surface area contributed by atoms with Crippen LogP contribution in [0.5, 0.6) is 0 Å².